The number of carbonyl (C=O) groups is 3. The number of carboxylic acids is 1. The Balaban J connectivity index is 0.000000233. The van der Waals surface area contributed by atoms with E-state index in [1.165, 1.54) is 5.56 Å². The standard InChI is InChI=1S/C17H25N3O3.C9H8N2O2/c21-15(18-11-4-8-16(22)23)7-2-1-6-14-10-9-13-5-3-12-19-17(13)20-14;10-9(13)7-8(12)5-3-1-2-4-6(5)11-7/h9-10H,1-8,11-12H2,(H,18,21)(H,19,20)(H,22,23);1-4,11-12H,(H2,10,13). The molecule has 0 radical (unpaired) electrons. The SMILES string of the molecule is NC(=O)c1[nH]c2ccccc2c1O.O=C(O)CCCNC(=O)CCCCc1ccc2c(n1)NCCC2. The number of aromatic hydroxyl groups is 1. The number of amides is 2. The molecule has 0 fully saturated rings. The van der Waals surface area contributed by atoms with Gasteiger partial charge in [0.1, 0.15) is 11.5 Å². The topological polar surface area (TPSA) is 170 Å². The molecule has 0 atom stereocenters. The fourth-order valence-corrected chi connectivity index (χ4v) is 3.96. The second-order valence-electron chi connectivity index (χ2n) is 8.65. The van der Waals surface area contributed by atoms with Crippen LogP contribution in [0.15, 0.2) is 36.4 Å². The van der Waals surface area contributed by atoms with E-state index >= 15 is 0 Å². The third kappa shape index (κ3) is 7.72. The van der Waals surface area contributed by atoms with E-state index in [1.54, 1.807) is 18.2 Å². The van der Waals surface area contributed by atoms with Crippen LogP contribution in [0, 0.1) is 0 Å². The van der Waals surface area contributed by atoms with Gasteiger partial charge in [-0.15, -0.1) is 0 Å². The first-order valence-corrected chi connectivity index (χ1v) is 12.2. The first-order valence-electron chi connectivity index (χ1n) is 12.2. The number of aliphatic carboxylic acids is 1. The molecule has 36 heavy (non-hydrogen) atoms. The first-order chi connectivity index (χ1) is 17.3. The molecule has 0 saturated carbocycles. The number of aromatic nitrogens is 2. The molecule has 0 bridgehead atoms. The molecule has 7 N–H and O–H groups in total. The number of carbonyl (C=O) groups excluding carboxylic acids is 2. The maximum Gasteiger partial charge on any atom is 0.303 e. The Morgan fingerprint density at radius 3 is 2.61 bits per heavy atom. The molecule has 3 aromatic rings. The van der Waals surface area contributed by atoms with Gasteiger partial charge in [-0.2, -0.15) is 0 Å². The summed E-state index contributed by atoms with van der Waals surface area (Å²) in [5.41, 5.74) is 8.17. The molecule has 1 aliphatic heterocycles. The molecule has 10 heteroatoms. The third-order valence-corrected chi connectivity index (χ3v) is 5.85. The Bertz CT molecular complexity index is 1210. The van der Waals surface area contributed by atoms with Crippen LogP contribution in [0.2, 0.25) is 0 Å². The molecule has 10 nitrogen and oxygen atoms in total. The summed E-state index contributed by atoms with van der Waals surface area (Å²) in [5, 5.41) is 24.7. The fourth-order valence-electron chi connectivity index (χ4n) is 3.96. The van der Waals surface area contributed by atoms with Gasteiger partial charge in [-0.1, -0.05) is 18.2 Å². The van der Waals surface area contributed by atoms with Gasteiger partial charge in [0, 0.05) is 42.5 Å². The Morgan fingerprint density at radius 2 is 1.86 bits per heavy atom. The smallest absolute Gasteiger partial charge is 0.303 e. The molecule has 1 aliphatic rings. The van der Waals surface area contributed by atoms with E-state index in [0.717, 1.165) is 50.2 Å². The number of hydrogen-bond acceptors (Lipinski definition) is 6. The lowest BCUT2D eigenvalue weighted by molar-refractivity contribution is -0.137. The van der Waals surface area contributed by atoms with E-state index in [9.17, 15) is 19.5 Å². The fraction of sp³-hybridized carbons (Fsp3) is 0.385. The zero-order chi connectivity index (χ0) is 25.9. The predicted octanol–water partition coefficient (Wildman–Crippen LogP) is 3.11. The van der Waals surface area contributed by atoms with Crippen molar-refractivity contribution in [2.45, 2.75) is 51.4 Å². The number of primary amides is 1. The minimum Gasteiger partial charge on any atom is -0.505 e. The number of nitrogens with one attached hydrogen (secondary N) is 3. The second-order valence-corrected chi connectivity index (χ2v) is 8.65. The summed E-state index contributed by atoms with van der Waals surface area (Å²) in [7, 11) is 0. The number of aryl methyl sites for hydroxylation is 2. The number of fused-ring (bicyclic) bond motifs is 2. The van der Waals surface area contributed by atoms with Gasteiger partial charge in [-0.05, 0) is 62.3 Å². The lowest BCUT2D eigenvalue weighted by Gasteiger charge is -2.17. The van der Waals surface area contributed by atoms with Crippen molar-refractivity contribution in [2.24, 2.45) is 5.73 Å². The third-order valence-electron chi connectivity index (χ3n) is 5.85. The minimum absolute atomic E-state index is 0.00421. The molecule has 0 spiro atoms. The van der Waals surface area contributed by atoms with Crippen LogP contribution < -0.4 is 16.4 Å². The van der Waals surface area contributed by atoms with Crippen molar-refractivity contribution >= 4 is 34.5 Å². The van der Waals surface area contributed by atoms with Gasteiger partial charge in [-0.25, -0.2) is 4.98 Å². The van der Waals surface area contributed by atoms with Crippen LogP contribution in [-0.4, -0.2) is 51.1 Å². The normalized spacial score (nSPS) is 12.1. The maximum absolute atomic E-state index is 11.6. The van der Waals surface area contributed by atoms with Crippen LogP contribution in [0.5, 0.6) is 5.75 Å². The highest BCUT2D eigenvalue weighted by Crippen LogP contribution is 2.27. The summed E-state index contributed by atoms with van der Waals surface area (Å²) in [5.74, 6) is -0.552. The monoisotopic (exact) mass is 495 g/mol. The van der Waals surface area contributed by atoms with Crippen molar-refractivity contribution in [3.05, 3.63) is 53.3 Å². The lowest BCUT2D eigenvalue weighted by atomic mass is 10.1. The van der Waals surface area contributed by atoms with E-state index < -0.39 is 11.9 Å². The number of unbranched alkanes of at least 4 members (excludes halogenated alkanes) is 1. The van der Waals surface area contributed by atoms with Crippen LogP contribution in [0.3, 0.4) is 0 Å². The molecule has 2 amide bonds. The van der Waals surface area contributed by atoms with Gasteiger partial charge in [-0.3, -0.25) is 14.4 Å². The Labute approximate surface area is 209 Å². The summed E-state index contributed by atoms with van der Waals surface area (Å²) in [6, 6.07) is 11.3. The number of anilines is 1. The number of carboxylic acid groups (broad SMARTS) is 1. The Morgan fingerprint density at radius 1 is 1.06 bits per heavy atom. The average Bonchev–Trinajstić information content (AvgIpc) is 3.21. The van der Waals surface area contributed by atoms with Gasteiger partial charge in [0.25, 0.3) is 5.91 Å². The highest BCUT2D eigenvalue weighted by Gasteiger charge is 2.13. The summed E-state index contributed by atoms with van der Waals surface area (Å²) in [6.45, 7) is 1.43. The van der Waals surface area contributed by atoms with Crippen molar-refractivity contribution in [1.82, 2.24) is 15.3 Å². The molecule has 0 saturated heterocycles. The zero-order valence-electron chi connectivity index (χ0n) is 20.2. The second kappa shape index (κ2) is 13.1. The maximum atomic E-state index is 11.6. The number of nitrogens with two attached hydrogens (primary N) is 1. The quantitative estimate of drug-likeness (QED) is 0.235. The van der Waals surface area contributed by atoms with Crippen molar-refractivity contribution in [3.8, 4) is 5.75 Å². The highest BCUT2D eigenvalue weighted by molar-refractivity contribution is 6.02. The molecular weight excluding hydrogens is 462 g/mol. The van der Waals surface area contributed by atoms with E-state index in [1.807, 2.05) is 6.07 Å². The van der Waals surface area contributed by atoms with E-state index in [2.05, 4.69) is 32.7 Å². The number of benzene rings is 1. The van der Waals surface area contributed by atoms with Gasteiger partial charge < -0.3 is 31.6 Å². The van der Waals surface area contributed by atoms with Crippen molar-refractivity contribution in [2.75, 3.05) is 18.4 Å². The van der Waals surface area contributed by atoms with Gasteiger partial charge in [0.15, 0.2) is 5.75 Å². The number of H-pyrrole nitrogens is 1. The number of para-hydroxylation sites is 1. The van der Waals surface area contributed by atoms with E-state index in [0.29, 0.717) is 30.3 Å². The van der Waals surface area contributed by atoms with Gasteiger partial charge >= 0.3 is 5.97 Å². The molecule has 0 unspecified atom stereocenters. The number of pyridine rings is 1. The summed E-state index contributed by atoms with van der Waals surface area (Å²) in [6.07, 6.45) is 5.93. The van der Waals surface area contributed by atoms with Crippen molar-refractivity contribution in [3.63, 3.8) is 0 Å². The molecule has 1 aromatic carbocycles. The van der Waals surface area contributed by atoms with E-state index in [-0.39, 0.29) is 23.8 Å². The van der Waals surface area contributed by atoms with Gasteiger partial charge in [0.05, 0.1) is 0 Å². The first kappa shape index (κ1) is 26.5. The van der Waals surface area contributed by atoms with Crippen LogP contribution in [-0.2, 0) is 22.4 Å². The number of aromatic amines is 1. The zero-order valence-corrected chi connectivity index (χ0v) is 20.2. The number of rotatable bonds is 10. The lowest BCUT2D eigenvalue weighted by Crippen LogP contribution is -2.24. The van der Waals surface area contributed by atoms with Crippen LogP contribution in [0.25, 0.3) is 10.9 Å². The Hall–Kier alpha value is -4.08. The Kier molecular flexibility index (Phi) is 9.67. The molecular formula is C26H33N5O5. The number of hydrogen-bond donors (Lipinski definition) is 6. The largest absolute Gasteiger partial charge is 0.505 e. The molecule has 4 rings (SSSR count). The predicted molar refractivity (Wildman–Crippen MR) is 137 cm³/mol. The molecule has 0 aliphatic carbocycles. The minimum atomic E-state index is -0.828. The average molecular weight is 496 g/mol. The van der Waals surface area contributed by atoms with Crippen LogP contribution in [0.4, 0.5) is 5.82 Å². The van der Waals surface area contributed by atoms with Crippen LogP contribution in [0.1, 0.15) is 60.3 Å². The number of nitrogens with zero attached hydrogens (tertiary/aromatic N) is 1. The van der Waals surface area contributed by atoms with Crippen LogP contribution >= 0.6 is 0 Å². The van der Waals surface area contributed by atoms with E-state index in [4.69, 9.17) is 10.8 Å². The van der Waals surface area contributed by atoms with Crippen molar-refractivity contribution < 1.29 is 24.6 Å². The molecule has 2 aromatic heterocycles. The summed E-state index contributed by atoms with van der Waals surface area (Å²) in [4.78, 5) is 40.2. The molecule has 3 heterocycles. The molecule has 192 valence electrons. The summed E-state index contributed by atoms with van der Waals surface area (Å²) < 4.78 is 0. The summed E-state index contributed by atoms with van der Waals surface area (Å²) >= 11 is 0. The highest BCUT2D eigenvalue weighted by atomic mass is 16.4. The van der Waals surface area contributed by atoms with Gasteiger partial charge in [0.2, 0.25) is 5.91 Å². The van der Waals surface area contributed by atoms with Crippen molar-refractivity contribution in [1.29, 1.82) is 0 Å².